The third-order valence-electron chi connectivity index (χ3n) is 4.99. The van der Waals surface area contributed by atoms with Gasteiger partial charge in [0, 0.05) is 30.7 Å². The van der Waals surface area contributed by atoms with Gasteiger partial charge in [0.05, 0.1) is 12.7 Å². The van der Waals surface area contributed by atoms with Crippen LogP contribution in [0.25, 0.3) is 0 Å². The average molecular weight is 269 g/mol. The molecular formula is C16H31NO2. The zero-order valence-corrected chi connectivity index (χ0v) is 12.9. The maximum atomic E-state index is 5.99. The topological polar surface area (TPSA) is 30.5 Å². The predicted molar refractivity (Wildman–Crippen MR) is 78.4 cm³/mol. The average Bonchev–Trinajstić information content (AvgIpc) is 2.45. The van der Waals surface area contributed by atoms with Crippen molar-refractivity contribution in [3.05, 3.63) is 0 Å². The van der Waals surface area contributed by atoms with E-state index in [0.29, 0.717) is 23.6 Å². The highest BCUT2D eigenvalue weighted by molar-refractivity contribution is 5.09. The van der Waals surface area contributed by atoms with Gasteiger partial charge in [0.1, 0.15) is 0 Å². The molecule has 0 aliphatic heterocycles. The summed E-state index contributed by atoms with van der Waals surface area (Å²) in [6, 6.07) is 1.09. The molecule has 0 saturated heterocycles. The highest BCUT2D eigenvalue weighted by Gasteiger charge is 2.55. The molecule has 19 heavy (non-hydrogen) atoms. The van der Waals surface area contributed by atoms with Crippen LogP contribution in [0.1, 0.15) is 59.3 Å². The van der Waals surface area contributed by atoms with Crippen molar-refractivity contribution < 1.29 is 9.47 Å². The minimum absolute atomic E-state index is 0.425. The molecular weight excluding hydrogens is 238 g/mol. The Hall–Kier alpha value is -0.120. The van der Waals surface area contributed by atoms with Crippen molar-refractivity contribution in [2.75, 3.05) is 19.8 Å². The molecule has 3 heteroatoms. The van der Waals surface area contributed by atoms with Crippen molar-refractivity contribution in [1.29, 1.82) is 0 Å². The largest absolute Gasteiger partial charge is 0.380 e. The van der Waals surface area contributed by atoms with Gasteiger partial charge >= 0.3 is 0 Å². The van der Waals surface area contributed by atoms with Gasteiger partial charge in [-0.25, -0.2) is 0 Å². The first kappa shape index (κ1) is 15.3. The molecule has 0 aromatic heterocycles. The Morgan fingerprint density at radius 3 is 2.53 bits per heavy atom. The Morgan fingerprint density at radius 1 is 1.16 bits per heavy atom. The minimum atomic E-state index is 0.425. The maximum absolute atomic E-state index is 5.99. The molecule has 112 valence electrons. The van der Waals surface area contributed by atoms with Crippen LogP contribution in [0, 0.1) is 5.41 Å². The fraction of sp³-hybridized carbons (Fsp3) is 1.00. The predicted octanol–water partition coefficient (Wildman–Crippen LogP) is 3.13. The second kappa shape index (κ2) is 7.05. The van der Waals surface area contributed by atoms with Crippen LogP contribution in [0.2, 0.25) is 0 Å². The minimum Gasteiger partial charge on any atom is -0.380 e. The molecule has 3 atom stereocenters. The maximum Gasteiger partial charge on any atom is 0.0661 e. The molecule has 2 saturated carbocycles. The monoisotopic (exact) mass is 269 g/mol. The number of ether oxygens (including phenoxy) is 2. The van der Waals surface area contributed by atoms with Gasteiger partial charge in [0.15, 0.2) is 0 Å². The molecule has 0 radical (unpaired) electrons. The lowest BCUT2D eigenvalue weighted by molar-refractivity contribution is -0.152. The normalized spacial score (nSPS) is 31.1. The quantitative estimate of drug-likeness (QED) is 0.770. The molecule has 0 amide bonds. The van der Waals surface area contributed by atoms with E-state index in [1.165, 1.54) is 38.5 Å². The third-order valence-corrected chi connectivity index (χ3v) is 4.99. The van der Waals surface area contributed by atoms with Gasteiger partial charge in [-0.2, -0.15) is 0 Å². The molecule has 2 aliphatic rings. The van der Waals surface area contributed by atoms with Crippen LogP contribution in [0.3, 0.4) is 0 Å². The third kappa shape index (κ3) is 3.32. The fourth-order valence-electron chi connectivity index (χ4n) is 3.98. The van der Waals surface area contributed by atoms with Gasteiger partial charge in [0.25, 0.3) is 0 Å². The Morgan fingerprint density at radius 2 is 1.89 bits per heavy atom. The van der Waals surface area contributed by atoms with E-state index < -0.39 is 0 Å². The lowest BCUT2D eigenvalue weighted by Crippen LogP contribution is -2.66. The molecule has 3 unspecified atom stereocenters. The summed E-state index contributed by atoms with van der Waals surface area (Å²) >= 11 is 0. The van der Waals surface area contributed by atoms with Gasteiger partial charge < -0.3 is 14.8 Å². The highest BCUT2D eigenvalue weighted by Crippen LogP contribution is 2.53. The molecule has 2 aliphatic carbocycles. The SMILES string of the molecule is CCOCC(C)NC1CC(OCC)C12CCCCC2. The van der Waals surface area contributed by atoms with Gasteiger partial charge in [-0.15, -0.1) is 0 Å². The summed E-state index contributed by atoms with van der Waals surface area (Å²) in [6.45, 7) is 8.90. The summed E-state index contributed by atoms with van der Waals surface area (Å²) in [5.41, 5.74) is 0.425. The lowest BCUT2D eigenvalue weighted by atomic mass is 9.55. The Bertz CT molecular complexity index is 263. The molecule has 0 bridgehead atoms. The summed E-state index contributed by atoms with van der Waals surface area (Å²) in [4.78, 5) is 0. The van der Waals surface area contributed by atoms with Crippen LogP contribution in [0.4, 0.5) is 0 Å². The van der Waals surface area contributed by atoms with Crippen molar-refractivity contribution in [2.45, 2.75) is 77.5 Å². The summed E-state index contributed by atoms with van der Waals surface area (Å²) in [6.07, 6.45) is 8.53. The first-order valence-electron chi connectivity index (χ1n) is 8.18. The summed E-state index contributed by atoms with van der Waals surface area (Å²) in [7, 11) is 0. The van der Waals surface area contributed by atoms with Crippen LogP contribution in [-0.4, -0.2) is 38.0 Å². The van der Waals surface area contributed by atoms with E-state index in [4.69, 9.17) is 9.47 Å². The van der Waals surface area contributed by atoms with Gasteiger partial charge in [-0.3, -0.25) is 0 Å². The Labute approximate surface area is 118 Å². The number of hydrogen-bond acceptors (Lipinski definition) is 3. The van der Waals surface area contributed by atoms with Crippen molar-refractivity contribution in [3.63, 3.8) is 0 Å². The molecule has 2 rings (SSSR count). The first-order valence-corrected chi connectivity index (χ1v) is 8.18. The van der Waals surface area contributed by atoms with E-state index >= 15 is 0 Å². The van der Waals surface area contributed by atoms with E-state index in [9.17, 15) is 0 Å². The van der Waals surface area contributed by atoms with Crippen molar-refractivity contribution in [3.8, 4) is 0 Å². The van der Waals surface area contributed by atoms with E-state index in [1.807, 2.05) is 0 Å². The molecule has 1 spiro atoms. The summed E-state index contributed by atoms with van der Waals surface area (Å²) in [5.74, 6) is 0. The molecule has 0 aromatic carbocycles. The van der Waals surface area contributed by atoms with E-state index in [-0.39, 0.29) is 0 Å². The molecule has 3 nitrogen and oxygen atoms in total. The standard InChI is InChI=1S/C16H31NO2/c1-4-18-12-13(3)17-14-11-15(19-5-2)16(14)9-7-6-8-10-16/h13-15,17H,4-12H2,1-3H3. The second-order valence-corrected chi connectivity index (χ2v) is 6.25. The van der Waals surface area contributed by atoms with E-state index in [1.54, 1.807) is 0 Å². The number of hydrogen-bond donors (Lipinski definition) is 1. The zero-order chi connectivity index (χ0) is 13.7. The van der Waals surface area contributed by atoms with E-state index in [2.05, 4.69) is 26.1 Å². The first-order chi connectivity index (χ1) is 9.23. The van der Waals surface area contributed by atoms with Crippen LogP contribution < -0.4 is 5.32 Å². The van der Waals surface area contributed by atoms with E-state index in [0.717, 1.165) is 19.8 Å². The summed E-state index contributed by atoms with van der Waals surface area (Å²) < 4.78 is 11.5. The van der Waals surface area contributed by atoms with Crippen LogP contribution >= 0.6 is 0 Å². The fourth-order valence-corrected chi connectivity index (χ4v) is 3.98. The smallest absolute Gasteiger partial charge is 0.0661 e. The number of rotatable bonds is 7. The van der Waals surface area contributed by atoms with Gasteiger partial charge in [-0.1, -0.05) is 19.3 Å². The second-order valence-electron chi connectivity index (χ2n) is 6.25. The molecule has 0 aromatic rings. The van der Waals surface area contributed by atoms with Crippen LogP contribution in [0.5, 0.6) is 0 Å². The highest BCUT2D eigenvalue weighted by atomic mass is 16.5. The molecule has 1 N–H and O–H groups in total. The molecule has 2 fully saturated rings. The van der Waals surface area contributed by atoms with Crippen molar-refractivity contribution >= 4 is 0 Å². The summed E-state index contributed by atoms with van der Waals surface area (Å²) in [5, 5.41) is 3.80. The Kier molecular flexibility index (Phi) is 5.67. The van der Waals surface area contributed by atoms with Crippen molar-refractivity contribution in [2.24, 2.45) is 5.41 Å². The molecule has 0 heterocycles. The number of nitrogens with one attached hydrogen (secondary N) is 1. The van der Waals surface area contributed by atoms with Crippen molar-refractivity contribution in [1.82, 2.24) is 5.32 Å². The van der Waals surface area contributed by atoms with Gasteiger partial charge in [-0.05, 0) is 40.0 Å². The van der Waals surface area contributed by atoms with Crippen LogP contribution in [0.15, 0.2) is 0 Å². The Balaban J connectivity index is 1.89. The lowest BCUT2D eigenvalue weighted by Gasteiger charge is -2.58. The van der Waals surface area contributed by atoms with Crippen LogP contribution in [-0.2, 0) is 9.47 Å². The zero-order valence-electron chi connectivity index (χ0n) is 12.9. The van der Waals surface area contributed by atoms with Gasteiger partial charge in [0.2, 0.25) is 0 Å².